The van der Waals surface area contributed by atoms with Gasteiger partial charge in [0.2, 0.25) is 0 Å². The predicted octanol–water partition coefficient (Wildman–Crippen LogP) is 1.66. The molecule has 0 saturated heterocycles. The fourth-order valence-corrected chi connectivity index (χ4v) is 1.60. The van der Waals surface area contributed by atoms with Gasteiger partial charge >= 0.3 is 0 Å². The van der Waals surface area contributed by atoms with Crippen LogP contribution < -0.4 is 16.6 Å². The van der Waals surface area contributed by atoms with Gasteiger partial charge in [-0.05, 0) is 18.4 Å². The van der Waals surface area contributed by atoms with Gasteiger partial charge in [-0.3, -0.25) is 20.8 Å². The highest BCUT2D eigenvalue weighted by Gasteiger charge is 2.20. The minimum atomic E-state index is -0.583. The molecule has 0 aliphatic rings. The van der Waals surface area contributed by atoms with Crippen LogP contribution in [0.15, 0.2) is 18.2 Å². The summed E-state index contributed by atoms with van der Waals surface area (Å²) in [5.74, 6) is 5.36. The number of nitro groups is 1. The molecule has 0 atom stereocenters. The van der Waals surface area contributed by atoms with Crippen molar-refractivity contribution in [3.63, 3.8) is 0 Å². The van der Waals surface area contributed by atoms with Crippen LogP contribution in [0.2, 0.25) is 0 Å². The number of carbonyl (C=O) groups is 1. The summed E-state index contributed by atoms with van der Waals surface area (Å²) in [4.78, 5) is 22.2. The fraction of sp³-hybridized carbons (Fsp3) is 0.417. The van der Waals surface area contributed by atoms with Gasteiger partial charge in [-0.2, -0.15) is 0 Å². The largest absolute Gasteiger partial charge is 0.352 e. The summed E-state index contributed by atoms with van der Waals surface area (Å²) in [6.45, 7) is 4.61. The van der Waals surface area contributed by atoms with Crippen molar-refractivity contribution in [2.24, 2.45) is 11.8 Å². The topological polar surface area (TPSA) is 110 Å². The third-order valence-electron chi connectivity index (χ3n) is 2.64. The molecule has 0 aromatic heterocycles. The Hall–Kier alpha value is -2.15. The number of benzene rings is 1. The first kappa shape index (κ1) is 14.9. The first-order valence-corrected chi connectivity index (χ1v) is 5.99. The minimum Gasteiger partial charge on any atom is -0.352 e. The van der Waals surface area contributed by atoms with E-state index in [1.165, 1.54) is 18.2 Å². The Labute approximate surface area is 111 Å². The molecule has 0 spiro atoms. The van der Waals surface area contributed by atoms with E-state index in [1.54, 1.807) is 0 Å². The third-order valence-corrected chi connectivity index (χ3v) is 2.64. The molecule has 0 radical (unpaired) electrons. The van der Waals surface area contributed by atoms with Crippen LogP contribution in [0, 0.1) is 16.0 Å². The van der Waals surface area contributed by atoms with E-state index in [2.05, 4.69) is 10.7 Å². The summed E-state index contributed by atoms with van der Waals surface area (Å²) in [5.41, 5.74) is 2.19. The van der Waals surface area contributed by atoms with Crippen LogP contribution in [0.4, 0.5) is 11.4 Å². The number of nitro benzene ring substituents is 1. The molecule has 7 heteroatoms. The number of hydrogen-bond donors (Lipinski definition) is 3. The van der Waals surface area contributed by atoms with Gasteiger partial charge in [0.05, 0.1) is 10.5 Å². The van der Waals surface area contributed by atoms with E-state index in [9.17, 15) is 14.9 Å². The zero-order chi connectivity index (χ0) is 14.4. The van der Waals surface area contributed by atoms with E-state index >= 15 is 0 Å². The van der Waals surface area contributed by atoms with Gasteiger partial charge in [0.25, 0.3) is 11.6 Å². The van der Waals surface area contributed by atoms with Gasteiger partial charge < -0.3 is 10.7 Å². The number of amides is 1. The van der Waals surface area contributed by atoms with Gasteiger partial charge in [-0.15, -0.1) is 0 Å². The SMILES string of the molecule is CC(C)CCNC(=O)c1cccc([N+](=O)[O-])c1NN. The van der Waals surface area contributed by atoms with Crippen molar-refractivity contribution < 1.29 is 9.72 Å². The molecule has 0 aliphatic heterocycles. The number of nitrogens with one attached hydrogen (secondary N) is 2. The van der Waals surface area contributed by atoms with Crippen LogP contribution in [0.3, 0.4) is 0 Å². The zero-order valence-corrected chi connectivity index (χ0v) is 11.0. The molecule has 0 heterocycles. The first-order chi connectivity index (χ1) is 8.97. The lowest BCUT2D eigenvalue weighted by Crippen LogP contribution is -2.27. The molecule has 0 fully saturated rings. The Kier molecular flexibility index (Phi) is 5.25. The molecule has 1 aromatic carbocycles. The second-order valence-corrected chi connectivity index (χ2v) is 4.54. The predicted molar refractivity (Wildman–Crippen MR) is 72.7 cm³/mol. The summed E-state index contributed by atoms with van der Waals surface area (Å²) < 4.78 is 0. The summed E-state index contributed by atoms with van der Waals surface area (Å²) >= 11 is 0. The lowest BCUT2D eigenvalue weighted by Gasteiger charge is -2.10. The number of hydrogen-bond acceptors (Lipinski definition) is 5. The van der Waals surface area contributed by atoms with Crippen molar-refractivity contribution in [3.05, 3.63) is 33.9 Å². The van der Waals surface area contributed by atoms with Crippen LogP contribution in [-0.4, -0.2) is 17.4 Å². The Morgan fingerprint density at radius 1 is 1.47 bits per heavy atom. The fourth-order valence-electron chi connectivity index (χ4n) is 1.60. The van der Waals surface area contributed by atoms with E-state index < -0.39 is 4.92 Å². The van der Waals surface area contributed by atoms with Crippen LogP contribution in [0.25, 0.3) is 0 Å². The van der Waals surface area contributed by atoms with Crippen molar-refractivity contribution in [2.45, 2.75) is 20.3 Å². The van der Waals surface area contributed by atoms with Gasteiger partial charge in [-0.1, -0.05) is 19.9 Å². The molecule has 1 aromatic rings. The number of hydrazine groups is 1. The van der Waals surface area contributed by atoms with E-state index in [0.717, 1.165) is 6.42 Å². The molecule has 104 valence electrons. The first-order valence-electron chi connectivity index (χ1n) is 5.99. The third kappa shape index (κ3) is 3.92. The Morgan fingerprint density at radius 2 is 2.16 bits per heavy atom. The highest BCUT2D eigenvalue weighted by Crippen LogP contribution is 2.27. The van der Waals surface area contributed by atoms with Gasteiger partial charge in [0, 0.05) is 12.6 Å². The molecule has 1 rings (SSSR count). The zero-order valence-electron chi connectivity index (χ0n) is 11.0. The number of nitrogens with zero attached hydrogens (tertiary/aromatic N) is 1. The number of carbonyl (C=O) groups excluding carboxylic acids is 1. The van der Waals surface area contributed by atoms with Crippen molar-refractivity contribution in [2.75, 3.05) is 12.0 Å². The summed E-state index contributed by atoms with van der Waals surface area (Å²) in [5, 5.41) is 13.6. The number of nitrogens with two attached hydrogens (primary N) is 1. The molecule has 4 N–H and O–H groups in total. The molecule has 0 unspecified atom stereocenters. The van der Waals surface area contributed by atoms with E-state index in [1.807, 2.05) is 13.8 Å². The lowest BCUT2D eigenvalue weighted by molar-refractivity contribution is -0.384. The van der Waals surface area contributed by atoms with E-state index in [-0.39, 0.29) is 22.8 Å². The van der Waals surface area contributed by atoms with Gasteiger partial charge in [0.1, 0.15) is 5.69 Å². The molecule has 0 saturated carbocycles. The van der Waals surface area contributed by atoms with Crippen molar-refractivity contribution in [1.82, 2.24) is 5.32 Å². The maximum absolute atomic E-state index is 12.0. The molecular weight excluding hydrogens is 248 g/mol. The monoisotopic (exact) mass is 266 g/mol. The normalized spacial score (nSPS) is 10.3. The maximum Gasteiger partial charge on any atom is 0.294 e. The van der Waals surface area contributed by atoms with Crippen LogP contribution >= 0.6 is 0 Å². The highest BCUT2D eigenvalue weighted by molar-refractivity contribution is 6.01. The average Bonchev–Trinajstić information content (AvgIpc) is 2.36. The second-order valence-electron chi connectivity index (χ2n) is 4.54. The molecular formula is C12H18N4O3. The van der Waals surface area contributed by atoms with Crippen LogP contribution in [0.1, 0.15) is 30.6 Å². The van der Waals surface area contributed by atoms with Gasteiger partial charge in [-0.25, -0.2) is 0 Å². The van der Waals surface area contributed by atoms with Crippen LogP contribution in [0.5, 0.6) is 0 Å². The Morgan fingerprint density at radius 3 is 2.68 bits per heavy atom. The number of para-hydroxylation sites is 1. The summed E-state index contributed by atoms with van der Waals surface area (Å²) in [7, 11) is 0. The molecule has 1 amide bonds. The van der Waals surface area contributed by atoms with E-state index in [0.29, 0.717) is 12.5 Å². The van der Waals surface area contributed by atoms with Crippen molar-refractivity contribution in [1.29, 1.82) is 0 Å². The lowest BCUT2D eigenvalue weighted by atomic mass is 10.1. The molecule has 7 nitrogen and oxygen atoms in total. The highest BCUT2D eigenvalue weighted by atomic mass is 16.6. The molecule has 19 heavy (non-hydrogen) atoms. The van der Waals surface area contributed by atoms with Crippen molar-refractivity contribution in [3.8, 4) is 0 Å². The second kappa shape index (κ2) is 6.69. The summed E-state index contributed by atoms with van der Waals surface area (Å²) in [6, 6.07) is 4.24. The standard InChI is InChI=1S/C12H18N4O3/c1-8(2)6-7-14-12(17)9-4-3-5-10(16(18)19)11(9)15-13/h3-5,8,15H,6-7,13H2,1-2H3,(H,14,17). The molecule has 0 bridgehead atoms. The quantitative estimate of drug-likeness (QED) is 0.412. The number of anilines is 1. The van der Waals surface area contributed by atoms with Gasteiger partial charge in [0.15, 0.2) is 0 Å². The average molecular weight is 266 g/mol. The Balaban J connectivity index is 2.90. The molecule has 0 aliphatic carbocycles. The minimum absolute atomic E-state index is 0.0227. The number of rotatable bonds is 6. The van der Waals surface area contributed by atoms with E-state index in [4.69, 9.17) is 5.84 Å². The summed E-state index contributed by atoms with van der Waals surface area (Å²) in [6.07, 6.45) is 0.839. The smallest absolute Gasteiger partial charge is 0.294 e. The maximum atomic E-state index is 12.0. The Bertz CT molecular complexity index is 474. The number of nitrogen functional groups attached to an aromatic ring is 1. The van der Waals surface area contributed by atoms with Crippen LogP contribution in [-0.2, 0) is 0 Å². The van der Waals surface area contributed by atoms with Crippen molar-refractivity contribution >= 4 is 17.3 Å².